The Morgan fingerprint density at radius 2 is 1.81 bits per heavy atom. The molecule has 0 fully saturated rings. The summed E-state index contributed by atoms with van der Waals surface area (Å²) in [6.07, 6.45) is -1.36. The first-order valence-corrected chi connectivity index (χ1v) is 8.02. The van der Waals surface area contributed by atoms with Crippen LogP contribution in [0.1, 0.15) is 32.7 Å². The SMILES string of the molecule is COCCCNC(=O)c1cncc(C(=O)Nc2cccc(C(F)(F)F)c2)c1. The number of pyridine rings is 1. The van der Waals surface area contributed by atoms with Crippen LogP contribution in [-0.2, 0) is 10.9 Å². The molecule has 1 aromatic carbocycles. The number of aromatic nitrogens is 1. The van der Waals surface area contributed by atoms with Crippen molar-refractivity contribution in [3.05, 3.63) is 59.4 Å². The predicted octanol–water partition coefficient (Wildman–Crippen LogP) is 3.12. The van der Waals surface area contributed by atoms with E-state index >= 15 is 0 Å². The molecular weight excluding hydrogens is 363 g/mol. The lowest BCUT2D eigenvalue weighted by molar-refractivity contribution is -0.137. The number of nitrogens with one attached hydrogen (secondary N) is 2. The Hall–Kier alpha value is -2.94. The van der Waals surface area contributed by atoms with Gasteiger partial charge in [-0.1, -0.05) is 6.07 Å². The van der Waals surface area contributed by atoms with Gasteiger partial charge in [-0.2, -0.15) is 13.2 Å². The molecule has 2 N–H and O–H groups in total. The topological polar surface area (TPSA) is 80.3 Å². The molecule has 144 valence electrons. The largest absolute Gasteiger partial charge is 0.416 e. The van der Waals surface area contributed by atoms with Crippen LogP contribution in [-0.4, -0.2) is 37.1 Å². The second-order valence-corrected chi connectivity index (χ2v) is 5.60. The number of carbonyl (C=O) groups is 2. The zero-order chi connectivity index (χ0) is 19.9. The van der Waals surface area contributed by atoms with Gasteiger partial charge >= 0.3 is 6.18 Å². The summed E-state index contributed by atoms with van der Waals surface area (Å²) in [5.41, 5.74) is -0.659. The van der Waals surface area contributed by atoms with Crippen molar-refractivity contribution in [2.45, 2.75) is 12.6 Å². The fourth-order valence-corrected chi connectivity index (χ4v) is 2.19. The average molecular weight is 381 g/mol. The molecule has 0 spiro atoms. The Kier molecular flexibility index (Phi) is 6.89. The number of ether oxygens (including phenoxy) is 1. The van der Waals surface area contributed by atoms with Crippen LogP contribution in [0.3, 0.4) is 0 Å². The van der Waals surface area contributed by atoms with Gasteiger partial charge in [0.15, 0.2) is 0 Å². The van der Waals surface area contributed by atoms with Crippen molar-refractivity contribution in [2.75, 3.05) is 25.6 Å². The maximum atomic E-state index is 12.7. The summed E-state index contributed by atoms with van der Waals surface area (Å²) in [7, 11) is 1.55. The minimum atomic E-state index is -4.51. The van der Waals surface area contributed by atoms with Crippen molar-refractivity contribution in [1.29, 1.82) is 0 Å². The highest BCUT2D eigenvalue weighted by Crippen LogP contribution is 2.30. The van der Waals surface area contributed by atoms with Crippen LogP contribution in [0, 0.1) is 0 Å². The Balaban J connectivity index is 2.06. The number of hydrogen-bond acceptors (Lipinski definition) is 4. The minimum absolute atomic E-state index is 0.00996. The molecule has 6 nitrogen and oxygen atoms in total. The lowest BCUT2D eigenvalue weighted by atomic mass is 10.1. The predicted molar refractivity (Wildman–Crippen MR) is 92.5 cm³/mol. The van der Waals surface area contributed by atoms with Crippen LogP contribution >= 0.6 is 0 Å². The van der Waals surface area contributed by atoms with Gasteiger partial charge in [0.2, 0.25) is 0 Å². The lowest BCUT2D eigenvalue weighted by Gasteiger charge is -2.10. The minimum Gasteiger partial charge on any atom is -0.385 e. The molecular formula is C18H18F3N3O3. The molecule has 0 radical (unpaired) electrons. The zero-order valence-electron chi connectivity index (χ0n) is 14.5. The number of methoxy groups -OCH3 is 1. The van der Waals surface area contributed by atoms with E-state index in [4.69, 9.17) is 4.74 Å². The first-order chi connectivity index (χ1) is 12.8. The van der Waals surface area contributed by atoms with Crippen LogP contribution in [0.5, 0.6) is 0 Å². The lowest BCUT2D eigenvalue weighted by Crippen LogP contribution is -2.25. The normalized spacial score (nSPS) is 11.1. The maximum absolute atomic E-state index is 12.7. The summed E-state index contributed by atoms with van der Waals surface area (Å²) in [5, 5.41) is 5.03. The molecule has 0 saturated carbocycles. The Labute approximate surface area is 153 Å². The highest BCUT2D eigenvalue weighted by Gasteiger charge is 2.30. The molecule has 0 saturated heterocycles. The van der Waals surface area contributed by atoms with Crippen molar-refractivity contribution in [1.82, 2.24) is 10.3 Å². The van der Waals surface area contributed by atoms with Crippen LogP contribution in [0.2, 0.25) is 0 Å². The first kappa shape index (κ1) is 20.4. The zero-order valence-corrected chi connectivity index (χ0v) is 14.5. The van der Waals surface area contributed by atoms with Gasteiger partial charge < -0.3 is 15.4 Å². The molecule has 0 aliphatic carbocycles. The van der Waals surface area contributed by atoms with Crippen molar-refractivity contribution in [3.8, 4) is 0 Å². The molecule has 1 aromatic heterocycles. The van der Waals surface area contributed by atoms with Gasteiger partial charge in [-0.25, -0.2) is 0 Å². The van der Waals surface area contributed by atoms with E-state index in [1.165, 1.54) is 30.6 Å². The number of amides is 2. The van der Waals surface area contributed by atoms with Crippen molar-refractivity contribution < 1.29 is 27.5 Å². The molecule has 2 amide bonds. The highest BCUT2D eigenvalue weighted by molar-refractivity contribution is 6.05. The van der Waals surface area contributed by atoms with Crippen LogP contribution < -0.4 is 10.6 Å². The summed E-state index contributed by atoms with van der Waals surface area (Å²) in [5.74, 6) is -1.08. The van der Waals surface area contributed by atoms with Gasteiger partial charge in [0.05, 0.1) is 16.7 Å². The summed E-state index contributed by atoms with van der Waals surface area (Å²) >= 11 is 0. The fraction of sp³-hybridized carbons (Fsp3) is 0.278. The van der Waals surface area contributed by atoms with E-state index in [9.17, 15) is 22.8 Å². The van der Waals surface area contributed by atoms with E-state index in [1.807, 2.05) is 0 Å². The van der Waals surface area contributed by atoms with Crippen LogP contribution in [0.15, 0.2) is 42.7 Å². The van der Waals surface area contributed by atoms with Crippen molar-refractivity contribution in [3.63, 3.8) is 0 Å². The number of rotatable bonds is 7. The third-order valence-electron chi connectivity index (χ3n) is 3.52. The Morgan fingerprint density at radius 3 is 2.48 bits per heavy atom. The van der Waals surface area contributed by atoms with E-state index in [1.54, 1.807) is 7.11 Å². The molecule has 1 heterocycles. The number of halogens is 3. The number of carbonyl (C=O) groups excluding carboxylic acids is 2. The molecule has 27 heavy (non-hydrogen) atoms. The number of nitrogens with zero attached hydrogens (tertiary/aromatic N) is 1. The quantitative estimate of drug-likeness (QED) is 0.723. The third kappa shape index (κ3) is 6.07. The van der Waals surface area contributed by atoms with Crippen molar-refractivity contribution in [2.24, 2.45) is 0 Å². The van der Waals surface area contributed by atoms with Crippen LogP contribution in [0.4, 0.5) is 18.9 Å². The molecule has 0 atom stereocenters. The van der Waals surface area contributed by atoms with E-state index in [2.05, 4.69) is 15.6 Å². The standard InChI is InChI=1S/C18H18F3N3O3/c1-27-7-3-6-23-16(25)12-8-13(11-22-10-12)17(26)24-15-5-2-4-14(9-15)18(19,20)21/h2,4-5,8-11H,3,6-7H2,1H3,(H,23,25)(H,24,26). The van der Waals surface area contributed by atoms with Crippen molar-refractivity contribution >= 4 is 17.5 Å². The second-order valence-electron chi connectivity index (χ2n) is 5.60. The molecule has 9 heteroatoms. The maximum Gasteiger partial charge on any atom is 0.416 e. The fourth-order valence-electron chi connectivity index (χ4n) is 2.19. The van der Waals surface area contributed by atoms with Gasteiger partial charge in [0.25, 0.3) is 11.8 Å². The van der Waals surface area contributed by atoms with E-state index in [0.29, 0.717) is 19.6 Å². The summed E-state index contributed by atoms with van der Waals surface area (Å²) < 4.78 is 43.1. The van der Waals surface area contributed by atoms with E-state index in [-0.39, 0.29) is 16.8 Å². The molecule has 0 unspecified atom stereocenters. The monoisotopic (exact) mass is 381 g/mol. The molecule has 0 aliphatic rings. The van der Waals surface area contributed by atoms with Gasteiger partial charge in [0.1, 0.15) is 0 Å². The molecule has 2 aromatic rings. The smallest absolute Gasteiger partial charge is 0.385 e. The number of alkyl halides is 3. The molecule has 2 rings (SSSR count). The summed E-state index contributed by atoms with van der Waals surface area (Å²) in [4.78, 5) is 28.2. The second kappa shape index (κ2) is 9.13. The Morgan fingerprint density at radius 1 is 1.11 bits per heavy atom. The number of anilines is 1. The number of hydrogen-bond donors (Lipinski definition) is 2. The van der Waals surface area contributed by atoms with E-state index < -0.39 is 23.6 Å². The first-order valence-electron chi connectivity index (χ1n) is 8.02. The highest BCUT2D eigenvalue weighted by atomic mass is 19.4. The van der Waals surface area contributed by atoms with Crippen LogP contribution in [0.25, 0.3) is 0 Å². The van der Waals surface area contributed by atoms with Gasteiger partial charge in [-0.05, 0) is 30.7 Å². The molecule has 0 aliphatic heterocycles. The summed E-state index contributed by atoms with van der Waals surface area (Å²) in [6, 6.07) is 5.60. The third-order valence-corrected chi connectivity index (χ3v) is 3.52. The average Bonchev–Trinajstić information content (AvgIpc) is 2.64. The Bertz CT molecular complexity index is 810. The number of benzene rings is 1. The van der Waals surface area contributed by atoms with Gasteiger partial charge in [0, 0.05) is 38.3 Å². The van der Waals surface area contributed by atoms with E-state index in [0.717, 1.165) is 12.1 Å². The van der Waals surface area contributed by atoms with Gasteiger partial charge in [-0.15, -0.1) is 0 Å². The molecule has 0 bridgehead atoms. The summed E-state index contributed by atoms with van der Waals surface area (Å²) in [6.45, 7) is 0.894. The van der Waals surface area contributed by atoms with Gasteiger partial charge in [-0.3, -0.25) is 14.6 Å².